The lowest BCUT2D eigenvalue weighted by atomic mass is 9.92. The third-order valence-corrected chi connectivity index (χ3v) is 3.64. The Hall–Kier alpha value is -1.62. The molecule has 20 heavy (non-hydrogen) atoms. The first-order valence-corrected chi connectivity index (χ1v) is 7.40. The number of hydrogen-bond acceptors (Lipinski definition) is 4. The summed E-state index contributed by atoms with van der Waals surface area (Å²) in [5.74, 6) is 0.444. The van der Waals surface area contributed by atoms with Crippen molar-refractivity contribution in [1.82, 2.24) is 10.3 Å². The van der Waals surface area contributed by atoms with Gasteiger partial charge in [0.05, 0.1) is 17.7 Å². The first-order chi connectivity index (χ1) is 9.72. The molecule has 0 aliphatic heterocycles. The molecule has 0 aromatic carbocycles. The molecule has 1 aromatic heterocycles. The monoisotopic (exact) mass is 277 g/mol. The molecular weight excluding hydrogens is 254 g/mol. The average Bonchev–Trinajstić information content (AvgIpc) is 2.47. The highest BCUT2D eigenvalue weighted by Crippen LogP contribution is 2.19. The van der Waals surface area contributed by atoms with Gasteiger partial charge < -0.3 is 15.7 Å². The fourth-order valence-corrected chi connectivity index (χ4v) is 2.50. The minimum absolute atomic E-state index is 0.143. The van der Waals surface area contributed by atoms with E-state index >= 15 is 0 Å². The number of hydrogen-bond donors (Lipinski definition) is 3. The van der Waals surface area contributed by atoms with Crippen molar-refractivity contribution in [2.24, 2.45) is 0 Å². The summed E-state index contributed by atoms with van der Waals surface area (Å²) >= 11 is 0. The van der Waals surface area contributed by atoms with Crippen molar-refractivity contribution < 1.29 is 9.90 Å². The lowest BCUT2D eigenvalue weighted by molar-refractivity contribution is 0.0717. The second-order valence-corrected chi connectivity index (χ2v) is 5.26. The molecule has 1 amide bonds. The predicted octanol–water partition coefficient (Wildman–Crippen LogP) is 1.94. The van der Waals surface area contributed by atoms with E-state index in [-0.39, 0.29) is 11.9 Å². The lowest BCUT2D eigenvalue weighted by Crippen LogP contribution is -2.45. The molecule has 1 aromatic rings. The molecule has 1 aliphatic rings. The SMILES string of the molecule is CCCNc1ncccc1C(=O)NC1CCCCC1O. The molecule has 1 aliphatic carbocycles. The van der Waals surface area contributed by atoms with Crippen LogP contribution in [0.25, 0.3) is 0 Å². The standard InChI is InChI=1S/C15H23N3O2/c1-2-9-16-14-11(6-5-10-17-14)15(20)18-12-7-3-4-8-13(12)19/h5-6,10,12-13,19H,2-4,7-9H2,1H3,(H,16,17)(H,18,20). The molecular formula is C15H23N3O2. The molecule has 0 saturated heterocycles. The van der Waals surface area contributed by atoms with E-state index in [9.17, 15) is 9.90 Å². The first kappa shape index (κ1) is 14.8. The number of nitrogens with zero attached hydrogens (tertiary/aromatic N) is 1. The van der Waals surface area contributed by atoms with Crippen molar-refractivity contribution in [3.05, 3.63) is 23.9 Å². The summed E-state index contributed by atoms with van der Waals surface area (Å²) in [6.45, 7) is 2.84. The summed E-state index contributed by atoms with van der Waals surface area (Å²) in [6.07, 6.45) is 5.89. The Morgan fingerprint density at radius 1 is 1.45 bits per heavy atom. The minimum atomic E-state index is -0.434. The summed E-state index contributed by atoms with van der Waals surface area (Å²) in [4.78, 5) is 16.6. The number of carbonyl (C=O) groups is 1. The highest BCUT2D eigenvalue weighted by Gasteiger charge is 2.25. The van der Waals surface area contributed by atoms with Gasteiger partial charge in [-0.1, -0.05) is 19.8 Å². The Morgan fingerprint density at radius 2 is 2.25 bits per heavy atom. The molecule has 2 rings (SSSR count). The van der Waals surface area contributed by atoms with Crippen molar-refractivity contribution in [3.63, 3.8) is 0 Å². The summed E-state index contributed by atoms with van der Waals surface area (Å²) in [6, 6.07) is 3.37. The van der Waals surface area contributed by atoms with Crippen LogP contribution in [0.5, 0.6) is 0 Å². The zero-order chi connectivity index (χ0) is 14.4. The summed E-state index contributed by atoms with van der Waals surface area (Å²) in [5.41, 5.74) is 0.540. The third-order valence-electron chi connectivity index (χ3n) is 3.64. The van der Waals surface area contributed by atoms with Gasteiger partial charge in [0, 0.05) is 12.7 Å². The van der Waals surface area contributed by atoms with Crippen LogP contribution in [0, 0.1) is 0 Å². The lowest BCUT2D eigenvalue weighted by Gasteiger charge is -2.28. The van der Waals surface area contributed by atoms with Gasteiger partial charge in [-0.15, -0.1) is 0 Å². The first-order valence-electron chi connectivity index (χ1n) is 7.40. The molecule has 5 heteroatoms. The number of rotatable bonds is 5. The molecule has 110 valence electrons. The molecule has 0 bridgehead atoms. The van der Waals surface area contributed by atoms with E-state index in [2.05, 4.69) is 22.5 Å². The molecule has 0 radical (unpaired) electrons. The normalized spacial score (nSPS) is 22.3. The summed E-state index contributed by atoms with van der Waals surface area (Å²) in [7, 11) is 0. The highest BCUT2D eigenvalue weighted by atomic mass is 16.3. The van der Waals surface area contributed by atoms with Gasteiger partial charge in [0.1, 0.15) is 5.82 Å². The number of aliphatic hydroxyl groups is 1. The van der Waals surface area contributed by atoms with Crippen LogP contribution in [-0.2, 0) is 0 Å². The van der Waals surface area contributed by atoms with Gasteiger partial charge in [-0.25, -0.2) is 4.98 Å². The molecule has 1 heterocycles. The maximum Gasteiger partial charge on any atom is 0.255 e. The molecule has 5 nitrogen and oxygen atoms in total. The van der Waals surface area contributed by atoms with Crippen molar-refractivity contribution >= 4 is 11.7 Å². The van der Waals surface area contributed by atoms with Gasteiger partial charge in [-0.05, 0) is 31.4 Å². The van der Waals surface area contributed by atoms with Crippen molar-refractivity contribution in [2.75, 3.05) is 11.9 Å². The summed E-state index contributed by atoms with van der Waals surface area (Å²) in [5, 5.41) is 16.0. The molecule has 2 atom stereocenters. The van der Waals surface area contributed by atoms with E-state index < -0.39 is 6.10 Å². The van der Waals surface area contributed by atoms with Crippen LogP contribution in [0.15, 0.2) is 18.3 Å². The Bertz CT molecular complexity index is 450. The quantitative estimate of drug-likeness (QED) is 0.769. The number of pyridine rings is 1. The molecule has 2 unspecified atom stereocenters. The summed E-state index contributed by atoms with van der Waals surface area (Å²) < 4.78 is 0. The predicted molar refractivity (Wildman–Crippen MR) is 78.7 cm³/mol. The minimum Gasteiger partial charge on any atom is -0.391 e. The van der Waals surface area contributed by atoms with Crippen LogP contribution in [-0.4, -0.2) is 34.7 Å². The Labute approximate surface area is 119 Å². The number of anilines is 1. The second-order valence-electron chi connectivity index (χ2n) is 5.26. The van der Waals surface area contributed by atoms with Crippen LogP contribution in [0.2, 0.25) is 0 Å². The zero-order valence-electron chi connectivity index (χ0n) is 11.9. The van der Waals surface area contributed by atoms with Crippen LogP contribution < -0.4 is 10.6 Å². The Balaban J connectivity index is 2.04. The smallest absolute Gasteiger partial charge is 0.255 e. The zero-order valence-corrected chi connectivity index (χ0v) is 11.9. The topological polar surface area (TPSA) is 74.2 Å². The van der Waals surface area contributed by atoms with Crippen LogP contribution in [0.3, 0.4) is 0 Å². The second kappa shape index (κ2) is 7.24. The number of aliphatic hydroxyl groups excluding tert-OH is 1. The Kier molecular flexibility index (Phi) is 5.35. The van der Waals surface area contributed by atoms with E-state index in [0.29, 0.717) is 11.4 Å². The van der Waals surface area contributed by atoms with Gasteiger partial charge in [-0.3, -0.25) is 4.79 Å². The van der Waals surface area contributed by atoms with Crippen molar-refractivity contribution in [3.8, 4) is 0 Å². The van der Waals surface area contributed by atoms with E-state index in [1.807, 2.05) is 0 Å². The van der Waals surface area contributed by atoms with Gasteiger partial charge >= 0.3 is 0 Å². The van der Waals surface area contributed by atoms with Crippen molar-refractivity contribution in [1.29, 1.82) is 0 Å². The highest BCUT2D eigenvalue weighted by molar-refractivity contribution is 5.98. The molecule has 0 spiro atoms. The van der Waals surface area contributed by atoms with E-state index in [1.54, 1.807) is 18.3 Å². The number of amides is 1. The largest absolute Gasteiger partial charge is 0.391 e. The molecule has 1 fully saturated rings. The van der Waals surface area contributed by atoms with E-state index in [1.165, 1.54) is 0 Å². The van der Waals surface area contributed by atoms with Gasteiger partial charge in [-0.2, -0.15) is 0 Å². The van der Waals surface area contributed by atoms with Crippen LogP contribution in [0.1, 0.15) is 49.4 Å². The molecule has 1 saturated carbocycles. The maximum atomic E-state index is 12.3. The third kappa shape index (κ3) is 3.70. The van der Waals surface area contributed by atoms with Gasteiger partial charge in [0.2, 0.25) is 0 Å². The van der Waals surface area contributed by atoms with Gasteiger partial charge in [0.15, 0.2) is 0 Å². The van der Waals surface area contributed by atoms with Gasteiger partial charge in [0.25, 0.3) is 5.91 Å². The number of aromatic nitrogens is 1. The van der Waals surface area contributed by atoms with Crippen LogP contribution in [0.4, 0.5) is 5.82 Å². The number of carbonyl (C=O) groups excluding carboxylic acids is 1. The molecule has 3 N–H and O–H groups in total. The average molecular weight is 277 g/mol. The Morgan fingerprint density at radius 3 is 3.00 bits per heavy atom. The number of nitrogens with one attached hydrogen (secondary N) is 2. The fraction of sp³-hybridized carbons (Fsp3) is 0.600. The fourth-order valence-electron chi connectivity index (χ4n) is 2.50. The van der Waals surface area contributed by atoms with E-state index in [0.717, 1.165) is 38.6 Å². The van der Waals surface area contributed by atoms with E-state index in [4.69, 9.17) is 0 Å². The maximum absolute atomic E-state index is 12.3. The van der Waals surface area contributed by atoms with Crippen molar-refractivity contribution in [2.45, 2.75) is 51.2 Å². The van der Waals surface area contributed by atoms with Crippen LogP contribution >= 0.6 is 0 Å².